The zero-order chi connectivity index (χ0) is 17.9. The van der Waals surface area contributed by atoms with E-state index in [1.54, 1.807) is 0 Å². The third-order valence-corrected chi connectivity index (χ3v) is 3.49. The highest BCUT2D eigenvalue weighted by molar-refractivity contribution is 5.39. The second-order valence-corrected chi connectivity index (χ2v) is 5.39. The molecule has 2 N–H and O–H groups in total. The van der Waals surface area contributed by atoms with Crippen molar-refractivity contribution in [2.24, 2.45) is 0 Å². The van der Waals surface area contributed by atoms with E-state index in [4.69, 9.17) is 5.73 Å². The Morgan fingerprint density at radius 2 is 1.64 bits per heavy atom. The van der Waals surface area contributed by atoms with Crippen LogP contribution in [0, 0.1) is 0 Å². The van der Waals surface area contributed by atoms with Gasteiger partial charge in [0.2, 0.25) is 0 Å². The number of hydrogen-bond donors (Lipinski definition) is 1. The first-order chi connectivity index (χ1) is 11.9. The average Bonchev–Trinajstić information content (AvgIpc) is 3.02. The summed E-state index contributed by atoms with van der Waals surface area (Å²) in [5.41, 5.74) is 8.08. The molecule has 0 aliphatic carbocycles. The molecule has 3 aromatic rings. The van der Waals surface area contributed by atoms with Gasteiger partial charge in [-0.1, -0.05) is 12.1 Å². The summed E-state index contributed by atoms with van der Waals surface area (Å²) in [5.74, 6) is 0.368. The molecule has 5 nitrogen and oxygen atoms in total. The van der Waals surface area contributed by atoms with Crippen molar-refractivity contribution in [2.45, 2.75) is 19.2 Å². The van der Waals surface area contributed by atoms with Crippen LogP contribution in [0.15, 0.2) is 54.9 Å². The van der Waals surface area contributed by atoms with Crippen LogP contribution in [-0.2, 0) is 12.8 Å². The quantitative estimate of drug-likeness (QED) is 0.717. The molecule has 8 heteroatoms. The number of ether oxygens (including phenoxy) is 1. The molecule has 0 saturated carbocycles. The maximum Gasteiger partial charge on any atom is 0.573 e. The van der Waals surface area contributed by atoms with Crippen molar-refractivity contribution >= 4 is 5.69 Å². The number of nitrogens with zero attached hydrogens (tertiary/aromatic N) is 3. The number of halogens is 3. The summed E-state index contributed by atoms with van der Waals surface area (Å²) >= 11 is 0. The third-order valence-electron chi connectivity index (χ3n) is 3.49. The van der Waals surface area contributed by atoms with Gasteiger partial charge >= 0.3 is 6.36 Å². The maximum atomic E-state index is 12.2. The van der Waals surface area contributed by atoms with Crippen molar-refractivity contribution in [1.29, 1.82) is 0 Å². The molecule has 0 bridgehead atoms. The van der Waals surface area contributed by atoms with Crippen molar-refractivity contribution in [3.63, 3.8) is 0 Å². The molecule has 0 aliphatic heterocycles. The highest BCUT2D eigenvalue weighted by Crippen LogP contribution is 2.23. The summed E-state index contributed by atoms with van der Waals surface area (Å²) in [7, 11) is 0. The second kappa shape index (κ2) is 6.84. The Morgan fingerprint density at radius 1 is 0.960 bits per heavy atom. The van der Waals surface area contributed by atoms with Gasteiger partial charge in [-0.15, -0.1) is 13.2 Å². The number of hydrogen-bond acceptors (Lipinski definition) is 4. The van der Waals surface area contributed by atoms with Crippen molar-refractivity contribution in [1.82, 2.24) is 14.8 Å². The Balaban J connectivity index is 1.63. The number of benzene rings is 2. The zero-order valence-electron chi connectivity index (χ0n) is 13.1. The summed E-state index contributed by atoms with van der Waals surface area (Å²) < 4.78 is 41.8. The summed E-state index contributed by atoms with van der Waals surface area (Å²) in [6.07, 6.45) is -1.77. The second-order valence-electron chi connectivity index (χ2n) is 5.39. The van der Waals surface area contributed by atoms with Gasteiger partial charge in [0.1, 0.15) is 12.1 Å². The molecule has 1 heterocycles. The van der Waals surface area contributed by atoms with E-state index in [1.165, 1.54) is 35.3 Å². The van der Waals surface area contributed by atoms with Crippen LogP contribution in [0.3, 0.4) is 0 Å². The lowest BCUT2D eigenvalue weighted by molar-refractivity contribution is -0.274. The van der Waals surface area contributed by atoms with Crippen LogP contribution in [0.4, 0.5) is 18.9 Å². The number of aromatic nitrogens is 3. The first-order valence-corrected chi connectivity index (χ1v) is 7.50. The first kappa shape index (κ1) is 16.8. The predicted molar refractivity (Wildman–Crippen MR) is 86.3 cm³/mol. The molecule has 0 fully saturated rings. The zero-order valence-corrected chi connectivity index (χ0v) is 13.1. The smallest absolute Gasteiger partial charge is 0.406 e. The fourth-order valence-electron chi connectivity index (χ4n) is 2.28. The predicted octanol–water partition coefficient (Wildman–Crippen LogP) is 3.53. The van der Waals surface area contributed by atoms with Crippen molar-refractivity contribution in [3.8, 4) is 11.4 Å². The van der Waals surface area contributed by atoms with Gasteiger partial charge in [-0.2, -0.15) is 5.10 Å². The normalized spacial score (nSPS) is 11.5. The van der Waals surface area contributed by atoms with E-state index in [-0.39, 0.29) is 5.75 Å². The van der Waals surface area contributed by atoms with Crippen LogP contribution in [-0.4, -0.2) is 21.1 Å². The molecule has 0 radical (unpaired) electrons. The standard InChI is InChI=1S/C17H15F3N4O/c18-17(19,20)25-15-8-6-14(7-9-15)24-11-22-16(23-24)10-3-12-1-4-13(21)5-2-12/h1-2,4-9,11H,3,10,21H2. The number of nitrogens with two attached hydrogens (primary N) is 1. The Hall–Kier alpha value is -3.03. The van der Waals surface area contributed by atoms with E-state index >= 15 is 0 Å². The number of rotatable bonds is 5. The van der Waals surface area contributed by atoms with Gasteiger partial charge in [0.05, 0.1) is 5.69 Å². The van der Waals surface area contributed by atoms with Crippen LogP contribution in [0.25, 0.3) is 5.69 Å². The maximum absolute atomic E-state index is 12.2. The molecule has 0 amide bonds. The van der Waals surface area contributed by atoms with E-state index in [1.807, 2.05) is 24.3 Å². The van der Waals surface area contributed by atoms with Gasteiger partial charge in [0.25, 0.3) is 0 Å². The molecule has 130 valence electrons. The molecule has 0 aliphatic rings. The average molecular weight is 348 g/mol. The van der Waals surface area contributed by atoms with Crippen LogP contribution in [0.1, 0.15) is 11.4 Å². The minimum Gasteiger partial charge on any atom is -0.406 e. The van der Waals surface area contributed by atoms with Gasteiger partial charge in [0, 0.05) is 12.1 Å². The van der Waals surface area contributed by atoms with Crippen LogP contribution < -0.4 is 10.5 Å². The summed E-state index contributed by atoms with van der Waals surface area (Å²) in [6, 6.07) is 13.0. The third kappa shape index (κ3) is 4.72. The molecular formula is C17H15F3N4O. The Kier molecular flexibility index (Phi) is 4.60. The van der Waals surface area contributed by atoms with E-state index < -0.39 is 6.36 Å². The Bertz CT molecular complexity index is 826. The molecule has 3 rings (SSSR count). The lowest BCUT2D eigenvalue weighted by Gasteiger charge is -2.09. The summed E-state index contributed by atoms with van der Waals surface area (Å²) in [4.78, 5) is 4.22. The number of alkyl halides is 3. The van der Waals surface area contributed by atoms with E-state index in [2.05, 4.69) is 14.8 Å². The lowest BCUT2D eigenvalue weighted by atomic mass is 10.1. The van der Waals surface area contributed by atoms with E-state index in [0.29, 0.717) is 23.6 Å². The molecule has 0 spiro atoms. The Morgan fingerprint density at radius 3 is 2.28 bits per heavy atom. The minimum absolute atomic E-state index is 0.278. The largest absolute Gasteiger partial charge is 0.573 e. The van der Waals surface area contributed by atoms with Crippen LogP contribution in [0.5, 0.6) is 5.75 Å². The van der Waals surface area contributed by atoms with Gasteiger partial charge in [-0.3, -0.25) is 0 Å². The molecule has 0 unspecified atom stereocenters. The Labute approximate surface area is 141 Å². The minimum atomic E-state index is -4.70. The van der Waals surface area contributed by atoms with Gasteiger partial charge < -0.3 is 10.5 Å². The van der Waals surface area contributed by atoms with Crippen molar-refractivity contribution in [2.75, 3.05) is 5.73 Å². The molecule has 25 heavy (non-hydrogen) atoms. The monoisotopic (exact) mass is 348 g/mol. The fourth-order valence-corrected chi connectivity index (χ4v) is 2.28. The summed E-state index contributed by atoms with van der Waals surface area (Å²) in [5, 5.41) is 4.34. The SMILES string of the molecule is Nc1ccc(CCc2ncn(-c3ccc(OC(F)(F)F)cc3)n2)cc1. The molecule has 0 saturated heterocycles. The van der Waals surface area contributed by atoms with Crippen molar-refractivity contribution in [3.05, 3.63) is 66.2 Å². The number of anilines is 1. The van der Waals surface area contributed by atoms with Gasteiger partial charge in [-0.25, -0.2) is 9.67 Å². The first-order valence-electron chi connectivity index (χ1n) is 7.50. The highest BCUT2D eigenvalue weighted by atomic mass is 19.4. The fraction of sp³-hybridized carbons (Fsp3) is 0.176. The van der Waals surface area contributed by atoms with Gasteiger partial charge in [0.15, 0.2) is 5.82 Å². The van der Waals surface area contributed by atoms with E-state index in [9.17, 15) is 13.2 Å². The topological polar surface area (TPSA) is 66.0 Å². The molecule has 0 atom stereocenters. The molecular weight excluding hydrogens is 333 g/mol. The number of nitrogen functional groups attached to an aromatic ring is 1. The summed E-state index contributed by atoms with van der Waals surface area (Å²) in [6.45, 7) is 0. The molecule has 2 aromatic carbocycles. The lowest BCUT2D eigenvalue weighted by Crippen LogP contribution is -2.17. The molecule has 1 aromatic heterocycles. The number of aryl methyl sites for hydroxylation is 2. The van der Waals surface area contributed by atoms with E-state index in [0.717, 1.165) is 12.0 Å². The highest BCUT2D eigenvalue weighted by Gasteiger charge is 2.30. The van der Waals surface area contributed by atoms with Crippen LogP contribution in [0.2, 0.25) is 0 Å². The van der Waals surface area contributed by atoms with Crippen molar-refractivity contribution < 1.29 is 17.9 Å². The van der Waals surface area contributed by atoms with Gasteiger partial charge in [-0.05, 0) is 48.4 Å². The van der Waals surface area contributed by atoms with Crippen LogP contribution >= 0.6 is 0 Å².